The Labute approximate surface area is 119 Å². The molecule has 2 N–H and O–H groups in total. The summed E-state index contributed by atoms with van der Waals surface area (Å²) in [5.41, 5.74) is 9.57. The second kappa shape index (κ2) is 4.78. The van der Waals surface area contributed by atoms with Crippen LogP contribution in [-0.2, 0) is 0 Å². The molecule has 0 atom stereocenters. The van der Waals surface area contributed by atoms with E-state index in [2.05, 4.69) is 46.9 Å². The van der Waals surface area contributed by atoms with Gasteiger partial charge in [0.15, 0.2) is 0 Å². The van der Waals surface area contributed by atoms with Crippen molar-refractivity contribution in [3.05, 3.63) is 41.2 Å². The molecule has 4 nitrogen and oxygen atoms in total. The molecule has 0 spiro atoms. The summed E-state index contributed by atoms with van der Waals surface area (Å²) >= 11 is 0. The molecule has 20 heavy (non-hydrogen) atoms. The van der Waals surface area contributed by atoms with E-state index in [0.29, 0.717) is 11.7 Å². The SMILES string of the molecule is Cc1ccc(N(C)c2cc(N)nc(C3CC3)n2)c(C)c1. The van der Waals surface area contributed by atoms with Crippen LogP contribution in [0.15, 0.2) is 24.3 Å². The monoisotopic (exact) mass is 268 g/mol. The summed E-state index contributed by atoms with van der Waals surface area (Å²) in [6.45, 7) is 4.22. The molecule has 3 rings (SSSR count). The maximum absolute atomic E-state index is 5.93. The minimum Gasteiger partial charge on any atom is -0.384 e. The van der Waals surface area contributed by atoms with E-state index in [1.165, 1.54) is 24.0 Å². The van der Waals surface area contributed by atoms with Crippen LogP contribution >= 0.6 is 0 Å². The second-order valence-corrected chi connectivity index (χ2v) is 5.63. The van der Waals surface area contributed by atoms with Crippen molar-refractivity contribution in [3.8, 4) is 0 Å². The first-order chi connectivity index (χ1) is 9.54. The molecule has 1 aliphatic rings. The van der Waals surface area contributed by atoms with E-state index in [4.69, 9.17) is 5.73 Å². The number of hydrogen-bond donors (Lipinski definition) is 1. The highest BCUT2D eigenvalue weighted by Crippen LogP contribution is 2.39. The molecule has 1 aromatic heterocycles. The molecule has 1 aliphatic carbocycles. The Balaban J connectivity index is 1.98. The number of anilines is 3. The highest BCUT2D eigenvalue weighted by Gasteiger charge is 2.27. The summed E-state index contributed by atoms with van der Waals surface area (Å²) < 4.78 is 0. The van der Waals surface area contributed by atoms with Gasteiger partial charge in [-0.2, -0.15) is 0 Å². The van der Waals surface area contributed by atoms with Gasteiger partial charge in [0.25, 0.3) is 0 Å². The molecule has 0 bridgehead atoms. The normalized spacial score (nSPS) is 14.3. The predicted molar refractivity (Wildman–Crippen MR) is 82.4 cm³/mol. The number of benzene rings is 1. The maximum atomic E-state index is 5.93. The molecule has 0 radical (unpaired) electrons. The van der Waals surface area contributed by atoms with Crippen LogP contribution < -0.4 is 10.6 Å². The number of nitrogens with two attached hydrogens (primary N) is 1. The number of nitrogen functional groups attached to an aromatic ring is 1. The lowest BCUT2D eigenvalue weighted by Gasteiger charge is -2.21. The molecule has 1 saturated carbocycles. The topological polar surface area (TPSA) is 55.0 Å². The van der Waals surface area contributed by atoms with Crippen molar-refractivity contribution in [2.24, 2.45) is 0 Å². The fourth-order valence-electron chi connectivity index (χ4n) is 2.47. The molecule has 1 aromatic carbocycles. The van der Waals surface area contributed by atoms with E-state index in [0.717, 1.165) is 17.3 Å². The molecule has 104 valence electrons. The Hall–Kier alpha value is -2.10. The minimum absolute atomic E-state index is 0.504. The molecule has 0 amide bonds. The summed E-state index contributed by atoms with van der Waals surface area (Å²) in [7, 11) is 2.02. The molecule has 0 aliphatic heterocycles. The van der Waals surface area contributed by atoms with Crippen molar-refractivity contribution in [1.29, 1.82) is 0 Å². The van der Waals surface area contributed by atoms with Crippen LogP contribution in [0.5, 0.6) is 0 Å². The summed E-state index contributed by atoms with van der Waals surface area (Å²) in [5.74, 6) is 2.81. The van der Waals surface area contributed by atoms with E-state index >= 15 is 0 Å². The van der Waals surface area contributed by atoms with Crippen LogP contribution in [0.25, 0.3) is 0 Å². The summed E-state index contributed by atoms with van der Waals surface area (Å²) in [6.07, 6.45) is 2.35. The maximum Gasteiger partial charge on any atom is 0.138 e. The molecule has 1 heterocycles. The van der Waals surface area contributed by atoms with E-state index < -0.39 is 0 Å². The number of rotatable bonds is 3. The number of hydrogen-bond acceptors (Lipinski definition) is 4. The molecule has 4 heteroatoms. The third-order valence-electron chi connectivity index (χ3n) is 3.75. The van der Waals surface area contributed by atoms with E-state index in [1.807, 2.05) is 13.1 Å². The Morgan fingerprint density at radius 1 is 1.15 bits per heavy atom. The highest BCUT2D eigenvalue weighted by atomic mass is 15.2. The van der Waals surface area contributed by atoms with Gasteiger partial charge in [0.1, 0.15) is 17.5 Å². The Bertz CT molecular complexity index is 647. The fourth-order valence-corrected chi connectivity index (χ4v) is 2.47. The lowest BCUT2D eigenvalue weighted by atomic mass is 10.1. The molecule has 0 saturated heterocycles. The van der Waals surface area contributed by atoms with Gasteiger partial charge >= 0.3 is 0 Å². The summed E-state index contributed by atoms with van der Waals surface area (Å²) in [6, 6.07) is 8.26. The van der Waals surface area contributed by atoms with Crippen molar-refractivity contribution in [2.75, 3.05) is 17.7 Å². The first-order valence-corrected chi connectivity index (χ1v) is 7.00. The smallest absolute Gasteiger partial charge is 0.138 e. The first kappa shape index (κ1) is 12.9. The van der Waals surface area contributed by atoms with Gasteiger partial charge in [0, 0.05) is 24.7 Å². The van der Waals surface area contributed by atoms with Crippen LogP contribution in [0.3, 0.4) is 0 Å². The van der Waals surface area contributed by atoms with Crippen molar-refractivity contribution >= 4 is 17.3 Å². The Morgan fingerprint density at radius 3 is 2.55 bits per heavy atom. The summed E-state index contributed by atoms with van der Waals surface area (Å²) in [4.78, 5) is 11.1. The lowest BCUT2D eigenvalue weighted by Crippen LogP contribution is -2.14. The largest absolute Gasteiger partial charge is 0.384 e. The fraction of sp³-hybridized carbons (Fsp3) is 0.375. The van der Waals surface area contributed by atoms with Crippen LogP contribution in [0.2, 0.25) is 0 Å². The van der Waals surface area contributed by atoms with Gasteiger partial charge in [-0.05, 0) is 38.3 Å². The van der Waals surface area contributed by atoms with Crippen molar-refractivity contribution < 1.29 is 0 Å². The quantitative estimate of drug-likeness (QED) is 0.927. The molecular formula is C16H20N4. The molecule has 0 unspecified atom stereocenters. The predicted octanol–water partition coefficient (Wildman–Crippen LogP) is 3.32. The molecular weight excluding hydrogens is 248 g/mol. The van der Waals surface area contributed by atoms with Gasteiger partial charge in [-0.15, -0.1) is 0 Å². The Kier molecular flexibility index (Phi) is 3.08. The van der Waals surface area contributed by atoms with Gasteiger partial charge < -0.3 is 10.6 Å². The van der Waals surface area contributed by atoms with Gasteiger partial charge in [0.2, 0.25) is 0 Å². The highest BCUT2D eigenvalue weighted by molar-refractivity contribution is 5.65. The van der Waals surface area contributed by atoms with E-state index in [-0.39, 0.29) is 0 Å². The zero-order chi connectivity index (χ0) is 14.3. The number of aryl methyl sites for hydroxylation is 2. The van der Waals surface area contributed by atoms with Crippen LogP contribution in [-0.4, -0.2) is 17.0 Å². The standard InChI is InChI=1S/C16H20N4/c1-10-4-7-13(11(2)8-10)20(3)15-9-14(17)18-16(19-15)12-5-6-12/h4,7-9,12H,5-6H2,1-3H3,(H2,17,18,19). The van der Waals surface area contributed by atoms with Crippen LogP contribution in [0.4, 0.5) is 17.3 Å². The summed E-state index contributed by atoms with van der Waals surface area (Å²) in [5, 5.41) is 0. The lowest BCUT2D eigenvalue weighted by molar-refractivity contribution is 0.919. The van der Waals surface area contributed by atoms with Gasteiger partial charge in [-0.1, -0.05) is 17.7 Å². The van der Waals surface area contributed by atoms with Crippen LogP contribution in [0, 0.1) is 13.8 Å². The first-order valence-electron chi connectivity index (χ1n) is 7.00. The van der Waals surface area contributed by atoms with Gasteiger partial charge in [0.05, 0.1) is 0 Å². The van der Waals surface area contributed by atoms with E-state index in [1.54, 1.807) is 0 Å². The number of nitrogens with zero attached hydrogens (tertiary/aromatic N) is 3. The average Bonchev–Trinajstić information content (AvgIpc) is 3.21. The molecule has 2 aromatic rings. The van der Waals surface area contributed by atoms with Crippen LogP contribution in [0.1, 0.15) is 35.7 Å². The van der Waals surface area contributed by atoms with E-state index in [9.17, 15) is 0 Å². The van der Waals surface area contributed by atoms with Gasteiger partial charge in [-0.25, -0.2) is 9.97 Å². The minimum atomic E-state index is 0.504. The Morgan fingerprint density at radius 2 is 1.90 bits per heavy atom. The average molecular weight is 268 g/mol. The van der Waals surface area contributed by atoms with Crippen molar-refractivity contribution in [3.63, 3.8) is 0 Å². The zero-order valence-electron chi connectivity index (χ0n) is 12.2. The van der Waals surface area contributed by atoms with Crippen molar-refractivity contribution in [1.82, 2.24) is 9.97 Å². The van der Waals surface area contributed by atoms with Crippen molar-refractivity contribution in [2.45, 2.75) is 32.6 Å². The second-order valence-electron chi connectivity index (χ2n) is 5.63. The number of aromatic nitrogens is 2. The van der Waals surface area contributed by atoms with Gasteiger partial charge in [-0.3, -0.25) is 0 Å². The zero-order valence-corrected chi connectivity index (χ0v) is 12.2. The third kappa shape index (κ3) is 2.46. The molecule has 1 fully saturated rings. The third-order valence-corrected chi connectivity index (χ3v) is 3.75.